The average Bonchev–Trinajstić information content (AvgIpc) is 2.29. The van der Waals surface area contributed by atoms with Crippen LogP contribution >= 0.6 is 11.8 Å². The molecule has 0 bridgehead atoms. The van der Waals surface area contributed by atoms with Crippen LogP contribution in [0.5, 0.6) is 0 Å². The van der Waals surface area contributed by atoms with Crippen molar-refractivity contribution in [3.05, 3.63) is 29.8 Å². The number of hydrogen-bond acceptors (Lipinski definition) is 1. The van der Waals surface area contributed by atoms with Gasteiger partial charge >= 0.3 is 0 Å². The van der Waals surface area contributed by atoms with Crippen molar-refractivity contribution >= 4 is 11.8 Å². The number of rotatable bonds is 5. The molecule has 1 aromatic carbocycles. The van der Waals surface area contributed by atoms with Gasteiger partial charge in [-0.25, -0.2) is 0 Å². The Morgan fingerprint density at radius 2 is 1.73 bits per heavy atom. The van der Waals surface area contributed by atoms with Gasteiger partial charge in [-0.3, -0.25) is 0 Å². The van der Waals surface area contributed by atoms with Crippen LogP contribution in [-0.4, -0.2) is 6.26 Å². The van der Waals surface area contributed by atoms with E-state index in [1.54, 1.807) is 0 Å². The third-order valence-electron chi connectivity index (χ3n) is 3.37. The Bertz CT molecular complexity index is 289. The quantitative estimate of drug-likeness (QED) is 0.640. The molecule has 0 radical (unpaired) electrons. The van der Waals surface area contributed by atoms with Crippen molar-refractivity contribution in [2.45, 2.75) is 50.3 Å². The number of hydrogen-bond donors (Lipinski definition) is 0. The molecular formula is C14H22S. The molecule has 0 fully saturated rings. The lowest BCUT2D eigenvalue weighted by molar-refractivity contribution is 0.413. The lowest BCUT2D eigenvalue weighted by Gasteiger charge is -2.28. The van der Waals surface area contributed by atoms with Crippen molar-refractivity contribution in [3.63, 3.8) is 0 Å². The zero-order chi connectivity index (χ0) is 11.3. The lowest BCUT2D eigenvalue weighted by atomic mass is 9.77. The maximum atomic E-state index is 2.38. The fourth-order valence-corrected chi connectivity index (χ4v) is 2.48. The largest absolute Gasteiger partial charge is 0.130 e. The Labute approximate surface area is 98.5 Å². The van der Waals surface area contributed by atoms with E-state index in [1.807, 2.05) is 11.8 Å². The van der Waals surface area contributed by atoms with E-state index in [9.17, 15) is 0 Å². The van der Waals surface area contributed by atoms with Crippen LogP contribution in [0.4, 0.5) is 0 Å². The molecule has 0 saturated carbocycles. The van der Waals surface area contributed by atoms with E-state index < -0.39 is 0 Å². The molecule has 0 N–H and O–H groups in total. The van der Waals surface area contributed by atoms with Gasteiger partial charge in [0.25, 0.3) is 0 Å². The molecule has 1 unspecified atom stereocenters. The highest BCUT2D eigenvalue weighted by atomic mass is 32.2. The molecule has 0 aliphatic rings. The van der Waals surface area contributed by atoms with Crippen LogP contribution in [0, 0.1) is 0 Å². The Morgan fingerprint density at radius 1 is 1.13 bits per heavy atom. The second-order valence-electron chi connectivity index (χ2n) is 4.39. The van der Waals surface area contributed by atoms with Gasteiger partial charge in [-0.1, -0.05) is 39.3 Å². The summed E-state index contributed by atoms with van der Waals surface area (Å²) >= 11 is 1.81. The molecule has 1 atom stereocenters. The molecule has 0 heterocycles. The van der Waals surface area contributed by atoms with Gasteiger partial charge in [-0.05, 0) is 42.2 Å². The zero-order valence-corrected chi connectivity index (χ0v) is 11.2. The van der Waals surface area contributed by atoms with Crippen LogP contribution in [0.3, 0.4) is 0 Å². The second kappa shape index (κ2) is 5.60. The summed E-state index contributed by atoms with van der Waals surface area (Å²) in [6.07, 6.45) is 5.89. The Hall–Kier alpha value is -0.430. The summed E-state index contributed by atoms with van der Waals surface area (Å²) in [5.41, 5.74) is 1.86. The first kappa shape index (κ1) is 12.6. The van der Waals surface area contributed by atoms with Gasteiger partial charge in [0, 0.05) is 4.90 Å². The van der Waals surface area contributed by atoms with Gasteiger partial charge in [0.1, 0.15) is 0 Å². The maximum Gasteiger partial charge on any atom is 0.00693 e. The highest BCUT2D eigenvalue weighted by molar-refractivity contribution is 7.98. The van der Waals surface area contributed by atoms with E-state index in [2.05, 4.69) is 51.3 Å². The summed E-state index contributed by atoms with van der Waals surface area (Å²) in [4.78, 5) is 1.36. The van der Waals surface area contributed by atoms with E-state index in [1.165, 1.54) is 29.7 Å². The molecular weight excluding hydrogens is 200 g/mol. The first-order valence-electron chi connectivity index (χ1n) is 5.81. The maximum absolute atomic E-state index is 2.38. The minimum absolute atomic E-state index is 0.367. The number of benzene rings is 1. The van der Waals surface area contributed by atoms with E-state index in [-0.39, 0.29) is 0 Å². The fraction of sp³-hybridized carbons (Fsp3) is 0.571. The average molecular weight is 222 g/mol. The van der Waals surface area contributed by atoms with Gasteiger partial charge in [0.15, 0.2) is 0 Å². The van der Waals surface area contributed by atoms with Crippen molar-refractivity contribution < 1.29 is 0 Å². The molecule has 1 aromatic rings. The molecule has 0 amide bonds. The lowest BCUT2D eigenvalue weighted by Crippen LogP contribution is -2.20. The molecule has 84 valence electrons. The van der Waals surface area contributed by atoms with Crippen LogP contribution in [0.1, 0.15) is 45.6 Å². The Morgan fingerprint density at radius 3 is 2.13 bits per heavy atom. The molecule has 0 aliphatic carbocycles. The normalized spacial score (nSPS) is 14.9. The molecule has 0 nitrogen and oxygen atoms in total. The van der Waals surface area contributed by atoms with Crippen LogP contribution < -0.4 is 0 Å². The van der Waals surface area contributed by atoms with E-state index >= 15 is 0 Å². The predicted octanol–water partition coefficient (Wildman–Crippen LogP) is 4.88. The second-order valence-corrected chi connectivity index (χ2v) is 5.27. The summed E-state index contributed by atoms with van der Waals surface area (Å²) in [5.74, 6) is 0. The smallest absolute Gasteiger partial charge is 0.00693 e. The van der Waals surface area contributed by atoms with Gasteiger partial charge in [-0.2, -0.15) is 0 Å². The van der Waals surface area contributed by atoms with Gasteiger partial charge in [0.05, 0.1) is 0 Å². The first-order chi connectivity index (χ1) is 7.16. The molecule has 0 saturated heterocycles. The van der Waals surface area contributed by atoms with Crippen LogP contribution in [-0.2, 0) is 5.41 Å². The first-order valence-corrected chi connectivity index (χ1v) is 7.03. The Kier molecular flexibility index (Phi) is 4.72. The van der Waals surface area contributed by atoms with Crippen molar-refractivity contribution in [2.24, 2.45) is 0 Å². The monoisotopic (exact) mass is 222 g/mol. The standard InChI is InChI=1S/C14H22S/c1-5-11-14(3,6-2)12-7-9-13(15-4)10-8-12/h7-10H,5-6,11H2,1-4H3. The molecule has 0 aliphatic heterocycles. The third kappa shape index (κ3) is 3.01. The van der Waals surface area contributed by atoms with E-state index in [0.29, 0.717) is 5.41 Å². The molecule has 15 heavy (non-hydrogen) atoms. The van der Waals surface area contributed by atoms with E-state index in [4.69, 9.17) is 0 Å². The van der Waals surface area contributed by atoms with Crippen molar-refractivity contribution in [2.75, 3.05) is 6.26 Å². The zero-order valence-electron chi connectivity index (χ0n) is 10.3. The van der Waals surface area contributed by atoms with Crippen LogP contribution in [0.15, 0.2) is 29.2 Å². The summed E-state index contributed by atoms with van der Waals surface area (Å²) in [5, 5.41) is 0. The number of thioether (sulfide) groups is 1. The molecule has 1 heteroatoms. The van der Waals surface area contributed by atoms with Crippen molar-refractivity contribution in [1.29, 1.82) is 0 Å². The van der Waals surface area contributed by atoms with E-state index in [0.717, 1.165) is 0 Å². The summed E-state index contributed by atoms with van der Waals surface area (Å²) < 4.78 is 0. The van der Waals surface area contributed by atoms with Crippen molar-refractivity contribution in [3.8, 4) is 0 Å². The molecule has 1 rings (SSSR count). The van der Waals surface area contributed by atoms with Crippen LogP contribution in [0.2, 0.25) is 0 Å². The van der Waals surface area contributed by atoms with Crippen LogP contribution in [0.25, 0.3) is 0 Å². The van der Waals surface area contributed by atoms with Gasteiger partial charge in [-0.15, -0.1) is 11.8 Å². The Balaban J connectivity index is 2.92. The summed E-state index contributed by atoms with van der Waals surface area (Å²) in [7, 11) is 0. The van der Waals surface area contributed by atoms with Crippen molar-refractivity contribution in [1.82, 2.24) is 0 Å². The fourth-order valence-electron chi connectivity index (χ4n) is 2.07. The highest BCUT2D eigenvalue weighted by Gasteiger charge is 2.22. The minimum Gasteiger partial charge on any atom is -0.130 e. The summed E-state index contributed by atoms with van der Waals surface area (Å²) in [6, 6.07) is 9.07. The topological polar surface area (TPSA) is 0 Å². The molecule has 0 spiro atoms. The van der Waals surface area contributed by atoms with Gasteiger partial charge in [0.2, 0.25) is 0 Å². The highest BCUT2D eigenvalue weighted by Crippen LogP contribution is 2.33. The predicted molar refractivity (Wildman–Crippen MR) is 70.8 cm³/mol. The third-order valence-corrected chi connectivity index (χ3v) is 4.11. The van der Waals surface area contributed by atoms with Gasteiger partial charge < -0.3 is 0 Å². The molecule has 0 aromatic heterocycles. The SMILES string of the molecule is CCCC(C)(CC)c1ccc(SC)cc1. The minimum atomic E-state index is 0.367. The summed E-state index contributed by atoms with van der Waals surface area (Å²) in [6.45, 7) is 6.94.